The van der Waals surface area contributed by atoms with E-state index in [-0.39, 0.29) is 0 Å². The molecule has 4 unspecified atom stereocenters. The highest BCUT2D eigenvalue weighted by Gasteiger charge is 2.51. The fraction of sp³-hybridized carbons (Fsp3) is 0.889. The molecule has 1 nitrogen and oxygen atoms in total. The molecule has 0 spiro atoms. The first kappa shape index (κ1) is 6.38. The quantitative estimate of drug-likeness (QED) is 0.499. The zero-order chi connectivity index (χ0) is 7.30. The molecule has 0 bridgehead atoms. The maximum Gasteiger partial charge on any atom is 0.136 e. The molecule has 0 heterocycles. The molecule has 2 saturated carbocycles. The standard InChI is InChI=1S/C9H14O/c1-5-6(2)9-7(5)3-4-8(9)10/h5-7,9H,3-4H2,1-2H3. The third-order valence-electron chi connectivity index (χ3n) is 3.63. The summed E-state index contributed by atoms with van der Waals surface area (Å²) in [5, 5.41) is 0. The lowest BCUT2D eigenvalue weighted by atomic mass is 9.60. The minimum Gasteiger partial charge on any atom is -0.299 e. The van der Waals surface area contributed by atoms with Gasteiger partial charge in [-0.05, 0) is 24.2 Å². The molecule has 56 valence electrons. The van der Waals surface area contributed by atoms with Crippen LogP contribution in [0.2, 0.25) is 0 Å². The van der Waals surface area contributed by atoms with Gasteiger partial charge in [-0.2, -0.15) is 0 Å². The first-order chi connectivity index (χ1) is 4.72. The van der Waals surface area contributed by atoms with E-state index in [0.29, 0.717) is 17.6 Å². The first-order valence-corrected chi connectivity index (χ1v) is 4.24. The van der Waals surface area contributed by atoms with E-state index in [2.05, 4.69) is 13.8 Å². The van der Waals surface area contributed by atoms with Gasteiger partial charge in [-0.1, -0.05) is 13.8 Å². The molecule has 0 saturated heterocycles. The van der Waals surface area contributed by atoms with Crippen LogP contribution in [0, 0.1) is 23.7 Å². The molecule has 2 aliphatic rings. The summed E-state index contributed by atoms with van der Waals surface area (Å²) in [7, 11) is 0. The van der Waals surface area contributed by atoms with Crippen LogP contribution < -0.4 is 0 Å². The summed E-state index contributed by atoms with van der Waals surface area (Å²) in [6.45, 7) is 4.50. The zero-order valence-corrected chi connectivity index (χ0v) is 6.63. The zero-order valence-electron chi connectivity index (χ0n) is 6.63. The smallest absolute Gasteiger partial charge is 0.136 e. The van der Waals surface area contributed by atoms with Gasteiger partial charge in [0.1, 0.15) is 5.78 Å². The Bertz CT molecular complexity index is 174. The fourth-order valence-electron chi connectivity index (χ4n) is 2.74. The maximum atomic E-state index is 11.2. The van der Waals surface area contributed by atoms with Gasteiger partial charge in [0, 0.05) is 12.3 Å². The van der Waals surface area contributed by atoms with E-state index in [9.17, 15) is 4.79 Å². The number of rotatable bonds is 0. The van der Waals surface area contributed by atoms with Gasteiger partial charge in [-0.25, -0.2) is 0 Å². The summed E-state index contributed by atoms with van der Waals surface area (Å²) >= 11 is 0. The SMILES string of the molecule is CC1C(C)C2C(=O)CCC12. The fourth-order valence-corrected chi connectivity index (χ4v) is 2.74. The summed E-state index contributed by atoms with van der Waals surface area (Å²) in [4.78, 5) is 11.2. The van der Waals surface area contributed by atoms with Crippen molar-refractivity contribution >= 4 is 5.78 Å². The van der Waals surface area contributed by atoms with E-state index < -0.39 is 0 Å². The van der Waals surface area contributed by atoms with Crippen molar-refractivity contribution in [3.63, 3.8) is 0 Å². The van der Waals surface area contributed by atoms with Crippen LogP contribution in [-0.2, 0) is 4.79 Å². The highest BCUT2D eigenvalue weighted by molar-refractivity contribution is 5.84. The van der Waals surface area contributed by atoms with E-state index in [4.69, 9.17) is 0 Å². The average Bonchev–Trinajstić information content (AvgIpc) is 2.27. The summed E-state index contributed by atoms with van der Waals surface area (Å²) < 4.78 is 0. The second-order valence-corrected chi connectivity index (χ2v) is 3.91. The molecule has 2 aliphatic carbocycles. The minimum absolute atomic E-state index is 0.468. The van der Waals surface area contributed by atoms with Crippen LogP contribution in [-0.4, -0.2) is 5.78 Å². The van der Waals surface area contributed by atoms with E-state index >= 15 is 0 Å². The van der Waals surface area contributed by atoms with Crippen LogP contribution in [0.15, 0.2) is 0 Å². The van der Waals surface area contributed by atoms with E-state index in [1.54, 1.807) is 0 Å². The molecule has 0 amide bonds. The van der Waals surface area contributed by atoms with Gasteiger partial charge >= 0.3 is 0 Å². The molecule has 0 N–H and O–H groups in total. The molecule has 2 fully saturated rings. The second kappa shape index (κ2) is 1.84. The number of ketones is 1. The van der Waals surface area contributed by atoms with Gasteiger partial charge in [0.25, 0.3) is 0 Å². The van der Waals surface area contributed by atoms with Crippen molar-refractivity contribution in [2.45, 2.75) is 26.7 Å². The second-order valence-electron chi connectivity index (χ2n) is 3.91. The van der Waals surface area contributed by atoms with Crippen LogP contribution in [0.3, 0.4) is 0 Å². The largest absolute Gasteiger partial charge is 0.299 e. The number of hydrogen-bond acceptors (Lipinski definition) is 1. The van der Waals surface area contributed by atoms with Crippen LogP contribution in [0.4, 0.5) is 0 Å². The van der Waals surface area contributed by atoms with Crippen LogP contribution >= 0.6 is 0 Å². The van der Waals surface area contributed by atoms with Gasteiger partial charge < -0.3 is 0 Å². The van der Waals surface area contributed by atoms with Crippen molar-refractivity contribution in [2.75, 3.05) is 0 Å². The lowest BCUT2D eigenvalue weighted by molar-refractivity contribution is -0.128. The molecule has 10 heavy (non-hydrogen) atoms. The van der Waals surface area contributed by atoms with E-state index in [1.807, 2.05) is 0 Å². The maximum absolute atomic E-state index is 11.2. The predicted molar refractivity (Wildman–Crippen MR) is 39.5 cm³/mol. The molecule has 0 aromatic heterocycles. The highest BCUT2D eigenvalue weighted by Crippen LogP contribution is 2.52. The topological polar surface area (TPSA) is 17.1 Å². The Hall–Kier alpha value is -0.330. The Morgan fingerprint density at radius 2 is 2.00 bits per heavy atom. The molecule has 1 heteroatoms. The van der Waals surface area contributed by atoms with Crippen molar-refractivity contribution in [1.29, 1.82) is 0 Å². The van der Waals surface area contributed by atoms with Gasteiger partial charge in [0.05, 0.1) is 0 Å². The number of carbonyl (C=O) groups is 1. The third kappa shape index (κ3) is 0.561. The van der Waals surface area contributed by atoms with Crippen LogP contribution in [0.5, 0.6) is 0 Å². The molecule has 4 atom stereocenters. The average molecular weight is 138 g/mol. The Morgan fingerprint density at radius 3 is 2.60 bits per heavy atom. The summed E-state index contributed by atoms with van der Waals surface area (Å²) in [6, 6.07) is 0. The minimum atomic E-state index is 0.468. The van der Waals surface area contributed by atoms with Gasteiger partial charge in [-0.3, -0.25) is 4.79 Å². The number of hydrogen-bond donors (Lipinski definition) is 0. The lowest BCUT2D eigenvalue weighted by Crippen LogP contribution is -2.43. The molecule has 0 aliphatic heterocycles. The normalized spacial score (nSPS) is 52.4. The lowest BCUT2D eigenvalue weighted by Gasteiger charge is -2.44. The van der Waals surface area contributed by atoms with Crippen LogP contribution in [0.1, 0.15) is 26.7 Å². The van der Waals surface area contributed by atoms with Gasteiger partial charge in [0.2, 0.25) is 0 Å². The monoisotopic (exact) mass is 138 g/mol. The van der Waals surface area contributed by atoms with Crippen molar-refractivity contribution < 1.29 is 4.79 Å². The number of carbonyl (C=O) groups excluding carboxylic acids is 1. The Balaban J connectivity index is 2.16. The molecule has 0 radical (unpaired) electrons. The molecular formula is C9H14O. The number of Topliss-reactive ketones (excluding diaryl/α,β-unsaturated/α-hetero) is 1. The summed E-state index contributed by atoms with van der Waals surface area (Å²) in [5.74, 6) is 3.27. The first-order valence-electron chi connectivity index (χ1n) is 4.24. The van der Waals surface area contributed by atoms with Crippen molar-refractivity contribution in [1.82, 2.24) is 0 Å². The molecule has 2 rings (SSSR count). The summed E-state index contributed by atoms with van der Waals surface area (Å²) in [5.41, 5.74) is 0. The Labute approximate surface area is 61.8 Å². The van der Waals surface area contributed by atoms with Gasteiger partial charge in [-0.15, -0.1) is 0 Å². The van der Waals surface area contributed by atoms with Crippen molar-refractivity contribution in [2.24, 2.45) is 23.7 Å². The Morgan fingerprint density at radius 1 is 1.30 bits per heavy atom. The van der Waals surface area contributed by atoms with E-state index in [1.165, 1.54) is 6.42 Å². The van der Waals surface area contributed by atoms with Crippen LogP contribution in [0.25, 0.3) is 0 Å². The molecular weight excluding hydrogens is 124 g/mol. The summed E-state index contributed by atoms with van der Waals surface area (Å²) in [6.07, 6.45) is 2.04. The molecule has 0 aromatic carbocycles. The Kier molecular flexibility index (Phi) is 1.17. The molecule has 0 aromatic rings. The van der Waals surface area contributed by atoms with Gasteiger partial charge in [0.15, 0.2) is 0 Å². The van der Waals surface area contributed by atoms with Crippen molar-refractivity contribution in [3.05, 3.63) is 0 Å². The predicted octanol–water partition coefficient (Wildman–Crippen LogP) is 1.87. The third-order valence-corrected chi connectivity index (χ3v) is 3.63. The highest BCUT2D eigenvalue weighted by atomic mass is 16.1. The van der Waals surface area contributed by atoms with Crippen molar-refractivity contribution in [3.8, 4) is 0 Å². The number of fused-ring (bicyclic) bond motifs is 1. The van der Waals surface area contributed by atoms with E-state index in [0.717, 1.165) is 18.3 Å².